The number of hydrogen-bond donors (Lipinski definition) is 1. The van der Waals surface area contributed by atoms with Crippen molar-refractivity contribution in [2.24, 2.45) is 0 Å². The first-order valence-electron chi connectivity index (χ1n) is 11.2. The smallest absolute Gasteiger partial charge is 0.119 e. The fraction of sp³-hybridized carbons (Fsp3) is 0.357. The lowest BCUT2D eigenvalue weighted by Crippen LogP contribution is -2.22. The molecule has 0 heterocycles. The first-order valence-corrected chi connectivity index (χ1v) is 11.2. The number of nitrogens with one attached hydrogen (secondary N) is 1. The van der Waals surface area contributed by atoms with E-state index in [1.54, 1.807) is 7.11 Å². The molecule has 0 aliphatic carbocycles. The minimum atomic E-state index is 0.183. The summed E-state index contributed by atoms with van der Waals surface area (Å²) in [5.41, 5.74) is 5.22. The Morgan fingerprint density at radius 2 is 1.23 bits per heavy atom. The summed E-state index contributed by atoms with van der Waals surface area (Å²) in [5.74, 6) is 2.15. The Kier molecular flexibility index (Phi) is 8.13. The Balaban J connectivity index is 1.70. The molecule has 0 saturated carbocycles. The Morgan fingerprint density at radius 1 is 0.710 bits per heavy atom. The van der Waals surface area contributed by atoms with Gasteiger partial charge in [0, 0.05) is 12.0 Å². The van der Waals surface area contributed by atoms with Crippen LogP contribution in [0.1, 0.15) is 61.4 Å². The van der Waals surface area contributed by atoms with Crippen molar-refractivity contribution in [1.29, 1.82) is 0 Å². The lowest BCUT2D eigenvalue weighted by Gasteiger charge is -2.21. The first kappa shape index (κ1) is 22.9. The van der Waals surface area contributed by atoms with Crippen molar-refractivity contribution >= 4 is 0 Å². The zero-order chi connectivity index (χ0) is 22.2. The second kappa shape index (κ2) is 11.0. The molecular formula is C28H35NO2. The highest BCUT2D eigenvalue weighted by Gasteiger charge is 2.15. The van der Waals surface area contributed by atoms with E-state index >= 15 is 0 Å². The van der Waals surface area contributed by atoms with E-state index in [0.717, 1.165) is 24.5 Å². The van der Waals surface area contributed by atoms with Gasteiger partial charge >= 0.3 is 0 Å². The summed E-state index contributed by atoms with van der Waals surface area (Å²) in [6.07, 6.45) is 1.20. The van der Waals surface area contributed by atoms with E-state index in [9.17, 15) is 0 Å². The third-order valence-electron chi connectivity index (χ3n) is 5.63. The fourth-order valence-electron chi connectivity index (χ4n) is 3.83. The van der Waals surface area contributed by atoms with Gasteiger partial charge in [0.2, 0.25) is 0 Å². The van der Waals surface area contributed by atoms with Crippen LogP contribution in [-0.2, 0) is 0 Å². The highest BCUT2D eigenvalue weighted by atomic mass is 16.5. The summed E-state index contributed by atoms with van der Waals surface area (Å²) in [6.45, 7) is 9.38. The topological polar surface area (TPSA) is 30.5 Å². The van der Waals surface area contributed by atoms with E-state index in [1.165, 1.54) is 22.3 Å². The van der Waals surface area contributed by atoms with Crippen LogP contribution in [0, 0.1) is 6.92 Å². The summed E-state index contributed by atoms with van der Waals surface area (Å²) in [4.78, 5) is 0. The monoisotopic (exact) mass is 417 g/mol. The molecule has 0 aliphatic rings. The van der Waals surface area contributed by atoms with Crippen molar-refractivity contribution in [2.75, 3.05) is 13.7 Å². The molecule has 0 aliphatic heterocycles. The van der Waals surface area contributed by atoms with Crippen LogP contribution in [0.3, 0.4) is 0 Å². The van der Waals surface area contributed by atoms with Crippen LogP contribution in [-0.4, -0.2) is 19.8 Å². The van der Waals surface area contributed by atoms with E-state index in [-0.39, 0.29) is 12.1 Å². The van der Waals surface area contributed by atoms with Gasteiger partial charge in [-0.15, -0.1) is 0 Å². The Bertz CT molecular complexity index is 915. The van der Waals surface area contributed by atoms with Crippen LogP contribution in [0.25, 0.3) is 0 Å². The summed E-state index contributed by atoms with van der Waals surface area (Å²) >= 11 is 0. The lowest BCUT2D eigenvalue weighted by molar-refractivity contribution is 0.242. The molecule has 3 aromatic rings. The van der Waals surface area contributed by atoms with E-state index in [1.807, 2.05) is 12.1 Å². The van der Waals surface area contributed by atoms with Gasteiger partial charge in [-0.2, -0.15) is 0 Å². The normalized spacial score (nSPS) is 13.1. The number of rotatable bonds is 10. The van der Waals surface area contributed by atoms with Gasteiger partial charge in [0.05, 0.1) is 13.2 Å². The fourth-order valence-corrected chi connectivity index (χ4v) is 3.83. The average Bonchev–Trinajstić information content (AvgIpc) is 2.78. The van der Waals surface area contributed by atoms with E-state index in [2.05, 4.69) is 93.7 Å². The third kappa shape index (κ3) is 6.60. The van der Waals surface area contributed by atoms with Gasteiger partial charge in [0.15, 0.2) is 0 Å². The standard InChI is InChI=1S/C28H35NO2/c1-20(2)31-27-16-12-25(13-17-27)28(24-8-6-21(3)7-9-24)18-19-29-22(4)23-10-14-26(30-5)15-11-23/h6-17,20,22,28-29H,18-19H2,1-5H3/t22-,28+/m1/s1. The van der Waals surface area contributed by atoms with Crippen molar-refractivity contribution in [1.82, 2.24) is 5.32 Å². The number of benzene rings is 3. The maximum absolute atomic E-state index is 5.83. The van der Waals surface area contributed by atoms with Crippen molar-refractivity contribution in [3.63, 3.8) is 0 Å². The maximum atomic E-state index is 5.83. The van der Waals surface area contributed by atoms with Gasteiger partial charge in [0.1, 0.15) is 11.5 Å². The molecule has 3 nitrogen and oxygen atoms in total. The SMILES string of the molecule is COc1ccc([C@@H](C)NCC[C@@H](c2ccc(C)cc2)c2ccc(OC(C)C)cc2)cc1. The Hall–Kier alpha value is -2.78. The van der Waals surface area contributed by atoms with Crippen LogP contribution in [0.2, 0.25) is 0 Å². The average molecular weight is 418 g/mol. The molecule has 0 spiro atoms. The van der Waals surface area contributed by atoms with Gasteiger partial charge in [-0.05, 0) is 81.6 Å². The molecule has 3 heteroatoms. The van der Waals surface area contributed by atoms with Crippen molar-refractivity contribution < 1.29 is 9.47 Å². The van der Waals surface area contributed by atoms with Gasteiger partial charge in [-0.25, -0.2) is 0 Å². The van der Waals surface area contributed by atoms with E-state index in [4.69, 9.17) is 9.47 Å². The molecule has 164 valence electrons. The van der Waals surface area contributed by atoms with E-state index < -0.39 is 0 Å². The highest BCUT2D eigenvalue weighted by Crippen LogP contribution is 2.30. The van der Waals surface area contributed by atoms with Crippen molar-refractivity contribution in [3.8, 4) is 11.5 Å². The maximum Gasteiger partial charge on any atom is 0.119 e. The molecule has 3 aromatic carbocycles. The Labute approximate surface area is 187 Å². The predicted octanol–water partition coefficient (Wildman–Crippen LogP) is 6.66. The minimum absolute atomic E-state index is 0.183. The van der Waals surface area contributed by atoms with Crippen molar-refractivity contribution in [2.45, 2.75) is 52.2 Å². The highest BCUT2D eigenvalue weighted by molar-refractivity contribution is 5.37. The van der Waals surface area contributed by atoms with Gasteiger partial charge in [-0.1, -0.05) is 54.1 Å². The summed E-state index contributed by atoms with van der Waals surface area (Å²) < 4.78 is 11.1. The largest absolute Gasteiger partial charge is 0.497 e. The zero-order valence-electron chi connectivity index (χ0n) is 19.4. The number of methoxy groups -OCH3 is 1. The summed E-state index contributed by atoms with van der Waals surface area (Å²) in [5, 5.41) is 3.69. The molecule has 3 rings (SSSR count). The molecule has 31 heavy (non-hydrogen) atoms. The van der Waals surface area contributed by atoms with Crippen LogP contribution in [0.15, 0.2) is 72.8 Å². The molecule has 0 fully saturated rings. The summed E-state index contributed by atoms with van der Waals surface area (Å²) in [7, 11) is 1.70. The van der Waals surface area contributed by atoms with Gasteiger partial charge in [-0.3, -0.25) is 0 Å². The molecule has 0 unspecified atom stereocenters. The molecule has 0 radical (unpaired) electrons. The van der Waals surface area contributed by atoms with Gasteiger partial charge < -0.3 is 14.8 Å². The third-order valence-corrected chi connectivity index (χ3v) is 5.63. The van der Waals surface area contributed by atoms with Crippen LogP contribution in [0.4, 0.5) is 0 Å². The number of hydrogen-bond acceptors (Lipinski definition) is 3. The van der Waals surface area contributed by atoms with Gasteiger partial charge in [0.25, 0.3) is 0 Å². The lowest BCUT2D eigenvalue weighted by atomic mass is 9.88. The quantitative estimate of drug-likeness (QED) is 0.400. The molecule has 0 saturated heterocycles. The number of aryl methyl sites for hydroxylation is 1. The van der Waals surface area contributed by atoms with Crippen LogP contribution in [0.5, 0.6) is 11.5 Å². The summed E-state index contributed by atoms with van der Waals surface area (Å²) in [6, 6.07) is 26.1. The molecule has 0 bridgehead atoms. The van der Waals surface area contributed by atoms with E-state index in [0.29, 0.717) is 5.92 Å². The molecular weight excluding hydrogens is 382 g/mol. The predicted molar refractivity (Wildman–Crippen MR) is 129 cm³/mol. The minimum Gasteiger partial charge on any atom is -0.497 e. The molecule has 2 atom stereocenters. The molecule has 0 aromatic heterocycles. The van der Waals surface area contributed by atoms with Crippen molar-refractivity contribution in [3.05, 3.63) is 95.1 Å². The van der Waals surface area contributed by atoms with Crippen LogP contribution >= 0.6 is 0 Å². The zero-order valence-corrected chi connectivity index (χ0v) is 19.4. The molecule has 0 amide bonds. The second-order valence-electron chi connectivity index (χ2n) is 8.44. The van der Waals surface area contributed by atoms with Crippen LogP contribution < -0.4 is 14.8 Å². The second-order valence-corrected chi connectivity index (χ2v) is 8.44. The molecule has 1 N–H and O–H groups in total. The first-order chi connectivity index (χ1) is 15.0. The number of ether oxygens (including phenoxy) is 2. The Morgan fingerprint density at radius 3 is 1.77 bits per heavy atom.